The average molecular weight is 349 g/mol. The smallest absolute Gasteiger partial charge is 0.200 e. The fourth-order valence-electron chi connectivity index (χ4n) is 3.35. The van der Waals surface area contributed by atoms with Crippen molar-refractivity contribution in [2.75, 3.05) is 20.2 Å². The Morgan fingerprint density at radius 1 is 1.24 bits per heavy atom. The van der Waals surface area contributed by atoms with E-state index in [-0.39, 0.29) is 5.75 Å². The van der Waals surface area contributed by atoms with Crippen LogP contribution in [0.4, 0.5) is 8.78 Å². The lowest BCUT2D eigenvalue weighted by Crippen LogP contribution is -2.33. The summed E-state index contributed by atoms with van der Waals surface area (Å²) in [4.78, 5) is 2.17. The third-order valence-electron chi connectivity index (χ3n) is 4.98. The topological polar surface area (TPSA) is 41.1 Å². The Hall–Kier alpha value is -1.95. The summed E-state index contributed by atoms with van der Waals surface area (Å²) in [5.41, 5.74) is 2.65. The number of hydrogen-bond donors (Lipinski definition) is 1. The van der Waals surface area contributed by atoms with E-state index in [4.69, 9.17) is 4.74 Å². The summed E-state index contributed by atoms with van der Waals surface area (Å²) in [5.74, 6) is -0.905. The molecule has 1 aromatic carbocycles. The molecule has 0 unspecified atom stereocenters. The van der Waals surface area contributed by atoms with E-state index in [1.165, 1.54) is 18.9 Å². The zero-order valence-electron chi connectivity index (χ0n) is 15.0. The molecule has 2 heterocycles. The van der Waals surface area contributed by atoms with Gasteiger partial charge < -0.3 is 4.74 Å². The summed E-state index contributed by atoms with van der Waals surface area (Å²) in [6.45, 7) is 6.39. The summed E-state index contributed by atoms with van der Waals surface area (Å²) in [5, 5.41) is 7.53. The summed E-state index contributed by atoms with van der Waals surface area (Å²) in [6.07, 6.45) is 1.97. The van der Waals surface area contributed by atoms with E-state index in [2.05, 4.69) is 35.0 Å². The summed E-state index contributed by atoms with van der Waals surface area (Å²) >= 11 is 0. The van der Waals surface area contributed by atoms with Crippen LogP contribution in [0.2, 0.25) is 0 Å². The minimum absolute atomic E-state index is 0.0554. The minimum atomic E-state index is -0.909. The molecule has 0 saturated carbocycles. The second-order valence-corrected chi connectivity index (χ2v) is 7.01. The van der Waals surface area contributed by atoms with Crippen molar-refractivity contribution >= 4 is 0 Å². The van der Waals surface area contributed by atoms with Gasteiger partial charge in [0.25, 0.3) is 0 Å². The molecule has 1 fully saturated rings. The molecule has 1 saturated heterocycles. The van der Waals surface area contributed by atoms with Crippen LogP contribution in [0.15, 0.2) is 18.2 Å². The van der Waals surface area contributed by atoms with Gasteiger partial charge >= 0.3 is 0 Å². The summed E-state index contributed by atoms with van der Waals surface area (Å²) in [7, 11) is 1.34. The normalized spacial score (nSPS) is 16.6. The third-order valence-corrected chi connectivity index (χ3v) is 4.98. The highest BCUT2D eigenvalue weighted by Gasteiger charge is 2.24. The van der Waals surface area contributed by atoms with E-state index in [9.17, 15) is 8.78 Å². The van der Waals surface area contributed by atoms with Gasteiger partial charge in [0.05, 0.1) is 12.8 Å². The van der Waals surface area contributed by atoms with Gasteiger partial charge in [-0.2, -0.15) is 9.49 Å². The molecule has 0 amide bonds. The molecule has 3 rings (SSSR count). The largest absolute Gasteiger partial charge is 0.494 e. The fraction of sp³-hybridized carbons (Fsp3) is 0.526. The lowest BCUT2D eigenvalue weighted by Gasteiger charge is -2.31. The van der Waals surface area contributed by atoms with Crippen LogP contribution in [0.1, 0.15) is 55.5 Å². The first-order valence-electron chi connectivity index (χ1n) is 8.78. The number of hydrogen-bond acceptors (Lipinski definition) is 3. The molecule has 1 aromatic heterocycles. The highest BCUT2D eigenvalue weighted by Crippen LogP contribution is 2.30. The van der Waals surface area contributed by atoms with Crippen molar-refractivity contribution < 1.29 is 13.5 Å². The Kier molecular flexibility index (Phi) is 5.37. The summed E-state index contributed by atoms with van der Waals surface area (Å²) in [6, 6.07) is 5.25. The van der Waals surface area contributed by atoms with Crippen molar-refractivity contribution in [3.8, 4) is 5.75 Å². The van der Waals surface area contributed by atoms with E-state index < -0.39 is 11.6 Å². The van der Waals surface area contributed by atoms with Crippen LogP contribution in [0.25, 0.3) is 0 Å². The predicted octanol–water partition coefficient (Wildman–Crippen LogP) is 4.20. The number of piperidine rings is 1. The number of nitrogens with zero attached hydrogens (tertiary/aromatic N) is 2. The number of aromatic nitrogens is 2. The molecular formula is C19H25F2N3O. The molecule has 4 nitrogen and oxygen atoms in total. The van der Waals surface area contributed by atoms with E-state index >= 15 is 0 Å². The Bertz CT molecular complexity index is 721. The molecule has 0 radical (unpaired) electrons. The molecule has 6 heteroatoms. The second kappa shape index (κ2) is 7.52. The number of methoxy groups -OCH3 is 1. The Morgan fingerprint density at radius 3 is 2.56 bits per heavy atom. The maximum Gasteiger partial charge on any atom is 0.200 e. The van der Waals surface area contributed by atoms with Gasteiger partial charge in [-0.15, -0.1) is 0 Å². The first-order chi connectivity index (χ1) is 12.0. The van der Waals surface area contributed by atoms with Crippen molar-refractivity contribution in [1.29, 1.82) is 0 Å². The van der Waals surface area contributed by atoms with E-state index in [0.717, 1.165) is 31.6 Å². The molecule has 0 spiro atoms. The first kappa shape index (κ1) is 17.9. The quantitative estimate of drug-likeness (QED) is 0.880. The van der Waals surface area contributed by atoms with Crippen LogP contribution in [0.3, 0.4) is 0 Å². The highest BCUT2D eigenvalue weighted by molar-refractivity contribution is 5.31. The lowest BCUT2D eigenvalue weighted by molar-refractivity contribution is 0.200. The molecule has 25 heavy (non-hydrogen) atoms. The molecule has 136 valence electrons. The minimum Gasteiger partial charge on any atom is -0.494 e. The predicted molar refractivity (Wildman–Crippen MR) is 92.8 cm³/mol. The molecule has 0 aliphatic carbocycles. The van der Waals surface area contributed by atoms with Crippen LogP contribution in [0.5, 0.6) is 5.75 Å². The second-order valence-electron chi connectivity index (χ2n) is 7.01. The Labute approximate surface area is 147 Å². The maximum absolute atomic E-state index is 14.1. The van der Waals surface area contributed by atoms with Crippen LogP contribution in [0, 0.1) is 11.6 Å². The zero-order chi connectivity index (χ0) is 18.0. The van der Waals surface area contributed by atoms with Crippen LogP contribution < -0.4 is 4.74 Å². The Balaban J connectivity index is 1.60. The molecule has 1 N–H and O–H groups in total. The number of ether oxygens (including phenoxy) is 1. The highest BCUT2D eigenvalue weighted by atomic mass is 19.2. The van der Waals surface area contributed by atoms with Crippen LogP contribution in [-0.2, 0) is 6.54 Å². The van der Waals surface area contributed by atoms with Gasteiger partial charge in [-0.1, -0.05) is 19.9 Å². The monoisotopic (exact) mass is 349 g/mol. The number of likely N-dealkylation sites (tertiary alicyclic amines) is 1. The number of nitrogens with one attached hydrogen (secondary N) is 1. The fourth-order valence-corrected chi connectivity index (χ4v) is 3.35. The van der Waals surface area contributed by atoms with Crippen molar-refractivity contribution in [3.05, 3.63) is 46.8 Å². The molecule has 1 aliphatic rings. The standard InChI is InChI=1S/C19H25F2N3O/c1-12(2)15-10-16(23-22-15)13-6-8-24(9-7-13)11-14-4-5-17(25-3)19(21)18(14)20/h4-5,10,12-13H,6-9,11H2,1-3H3,(H,22,23). The van der Waals surface area contributed by atoms with Crippen LogP contribution >= 0.6 is 0 Å². The van der Waals surface area contributed by atoms with Gasteiger partial charge in [-0.3, -0.25) is 10.00 Å². The first-order valence-corrected chi connectivity index (χ1v) is 8.78. The number of benzene rings is 1. The van der Waals surface area contributed by atoms with Gasteiger partial charge in [0, 0.05) is 23.7 Å². The number of H-pyrrole nitrogens is 1. The van der Waals surface area contributed by atoms with Gasteiger partial charge in [-0.25, -0.2) is 4.39 Å². The molecule has 1 aliphatic heterocycles. The van der Waals surface area contributed by atoms with Crippen molar-refractivity contribution in [2.24, 2.45) is 0 Å². The van der Waals surface area contributed by atoms with Gasteiger partial charge in [0.15, 0.2) is 11.6 Å². The van der Waals surface area contributed by atoms with Gasteiger partial charge in [-0.05, 0) is 44.0 Å². The zero-order valence-corrected chi connectivity index (χ0v) is 15.0. The van der Waals surface area contributed by atoms with Crippen LogP contribution in [-0.4, -0.2) is 35.3 Å². The molecule has 0 atom stereocenters. The number of aromatic amines is 1. The van der Waals surface area contributed by atoms with Gasteiger partial charge in [0.1, 0.15) is 0 Å². The number of halogens is 2. The molecular weight excluding hydrogens is 324 g/mol. The third kappa shape index (κ3) is 3.84. The summed E-state index contributed by atoms with van der Waals surface area (Å²) < 4.78 is 32.8. The molecule has 0 bridgehead atoms. The lowest BCUT2D eigenvalue weighted by atomic mass is 9.92. The molecule has 2 aromatic rings. The van der Waals surface area contributed by atoms with Gasteiger partial charge in [0.2, 0.25) is 5.82 Å². The SMILES string of the molecule is COc1ccc(CN2CCC(c3cc(C(C)C)n[nH]3)CC2)c(F)c1F. The van der Waals surface area contributed by atoms with Crippen molar-refractivity contribution in [3.63, 3.8) is 0 Å². The average Bonchev–Trinajstić information content (AvgIpc) is 3.10. The van der Waals surface area contributed by atoms with E-state index in [1.54, 1.807) is 6.07 Å². The number of rotatable bonds is 5. The maximum atomic E-state index is 14.1. The van der Waals surface area contributed by atoms with E-state index in [1.807, 2.05) is 0 Å². The Morgan fingerprint density at radius 2 is 1.96 bits per heavy atom. The van der Waals surface area contributed by atoms with Crippen molar-refractivity contribution in [2.45, 2.75) is 45.1 Å². The van der Waals surface area contributed by atoms with Crippen molar-refractivity contribution in [1.82, 2.24) is 15.1 Å². The van der Waals surface area contributed by atoms with E-state index in [0.29, 0.717) is 23.9 Å².